The Labute approximate surface area is 103 Å². The summed E-state index contributed by atoms with van der Waals surface area (Å²) in [6.45, 7) is 6.59. The molecule has 3 nitrogen and oxygen atoms in total. The van der Waals surface area contributed by atoms with E-state index >= 15 is 0 Å². The van der Waals surface area contributed by atoms with Gasteiger partial charge in [-0.15, -0.1) is 0 Å². The molecular weight excluding hydrogens is 212 g/mol. The molecule has 0 radical (unpaired) electrons. The van der Waals surface area contributed by atoms with Crippen molar-refractivity contribution in [1.82, 2.24) is 10.2 Å². The Kier molecular flexibility index (Phi) is 3.79. The first kappa shape index (κ1) is 12.1. The summed E-state index contributed by atoms with van der Waals surface area (Å²) >= 11 is 0. The molecule has 0 bridgehead atoms. The lowest BCUT2D eigenvalue weighted by Gasteiger charge is -2.35. The first-order valence-corrected chi connectivity index (χ1v) is 6.24. The molecule has 0 unspecified atom stereocenters. The largest absolute Gasteiger partial charge is 0.336 e. The van der Waals surface area contributed by atoms with Gasteiger partial charge < -0.3 is 10.2 Å². The highest BCUT2D eigenvalue weighted by atomic mass is 16.2. The molecule has 17 heavy (non-hydrogen) atoms. The molecule has 1 atom stereocenters. The average Bonchev–Trinajstić information content (AvgIpc) is 2.33. The van der Waals surface area contributed by atoms with Gasteiger partial charge in [0.15, 0.2) is 0 Å². The van der Waals surface area contributed by atoms with Gasteiger partial charge in [-0.1, -0.05) is 44.2 Å². The van der Waals surface area contributed by atoms with Gasteiger partial charge in [0.2, 0.25) is 5.91 Å². The van der Waals surface area contributed by atoms with Gasteiger partial charge in [0.05, 0.1) is 6.04 Å². The molecule has 1 saturated heterocycles. The molecule has 0 spiro atoms. The fraction of sp³-hybridized carbons (Fsp3) is 0.500. The summed E-state index contributed by atoms with van der Waals surface area (Å²) in [5, 5.41) is 3.29. The van der Waals surface area contributed by atoms with Gasteiger partial charge in [-0.05, 0) is 11.5 Å². The lowest BCUT2D eigenvalue weighted by atomic mass is 10.0. The summed E-state index contributed by atoms with van der Waals surface area (Å²) in [6.07, 6.45) is 0. The molecule has 1 aromatic rings. The minimum atomic E-state index is -0.0209. The highest BCUT2D eigenvalue weighted by molar-refractivity contribution is 5.82. The van der Waals surface area contributed by atoms with E-state index in [1.54, 1.807) is 0 Å². The third-order valence-electron chi connectivity index (χ3n) is 3.21. The minimum absolute atomic E-state index is 0.0209. The van der Waals surface area contributed by atoms with Gasteiger partial charge in [-0.2, -0.15) is 0 Å². The first-order valence-electron chi connectivity index (χ1n) is 6.24. The van der Waals surface area contributed by atoms with Crippen LogP contribution in [0.2, 0.25) is 0 Å². The van der Waals surface area contributed by atoms with Gasteiger partial charge in [-0.3, -0.25) is 4.79 Å². The summed E-state index contributed by atoms with van der Waals surface area (Å²) in [5.41, 5.74) is 1.20. The van der Waals surface area contributed by atoms with Crippen LogP contribution >= 0.6 is 0 Å². The third kappa shape index (κ3) is 2.86. The Bertz CT molecular complexity index is 375. The molecule has 0 aliphatic carbocycles. The van der Waals surface area contributed by atoms with Crippen LogP contribution in [0.5, 0.6) is 0 Å². The van der Waals surface area contributed by atoms with Crippen molar-refractivity contribution < 1.29 is 4.79 Å². The Balaban J connectivity index is 2.04. The first-order chi connectivity index (χ1) is 8.18. The van der Waals surface area contributed by atoms with Crippen molar-refractivity contribution in [3.8, 4) is 0 Å². The van der Waals surface area contributed by atoms with Crippen LogP contribution in [0.3, 0.4) is 0 Å². The molecule has 1 fully saturated rings. The van der Waals surface area contributed by atoms with E-state index < -0.39 is 0 Å². The zero-order valence-electron chi connectivity index (χ0n) is 10.5. The minimum Gasteiger partial charge on any atom is -0.336 e. The van der Waals surface area contributed by atoms with Gasteiger partial charge in [0, 0.05) is 19.6 Å². The molecule has 0 aromatic heterocycles. The van der Waals surface area contributed by atoms with Crippen molar-refractivity contribution in [1.29, 1.82) is 0 Å². The van der Waals surface area contributed by atoms with E-state index in [2.05, 4.69) is 31.3 Å². The molecule has 0 saturated carbocycles. The van der Waals surface area contributed by atoms with E-state index in [4.69, 9.17) is 0 Å². The van der Waals surface area contributed by atoms with Crippen molar-refractivity contribution in [2.24, 2.45) is 5.92 Å². The standard InChI is InChI=1S/C14H20N2O/c1-11(2)13-14(17)16(9-8-15-13)10-12-6-4-3-5-7-12/h3-7,11,13,15H,8-10H2,1-2H3/t13-/m0/s1. The zero-order chi connectivity index (χ0) is 12.3. The summed E-state index contributed by atoms with van der Waals surface area (Å²) in [6, 6.07) is 10.1. The second-order valence-corrected chi connectivity index (χ2v) is 4.92. The van der Waals surface area contributed by atoms with Gasteiger partial charge >= 0.3 is 0 Å². The summed E-state index contributed by atoms with van der Waals surface area (Å²) in [4.78, 5) is 14.2. The van der Waals surface area contributed by atoms with Gasteiger partial charge in [0.1, 0.15) is 0 Å². The van der Waals surface area contributed by atoms with E-state index in [1.807, 2.05) is 23.1 Å². The highest BCUT2D eigenvalue weighted by Crippen LogP contribution is 2.13. The van der Waals surface area contributed by atoms with Crippen molar-refractivity contribution in [2.45, 2.75) is 26.4 Å². The van der Waals surface area contributed by atoms with E-state index in [1.165, 1.54) is 5.56 Å². The Morgan fingerprint density at radius 2 is 2.06 bits per heavy atom. The topological polar surface area (TPSA) is 32.3 Å². The summed E-state index contributed by atoms with van der Waals surface area (Å²) in [7, 11) is 0. The fourth-order valence-corrected chi connectivity index (χ4v) is 2.23. The summed E-state index contributed by atoms with van der Waals surface area (Å²) < 4.78 is 0. The molecule has 1 aliphatic rings. The maximum Gasteiger partial charge on any atom is 0.240 e. The predicted molar refractivity (Wildman–Crippen MR) is 68.5 cm³/mol. The van der Waals surface area contributed by atoms with Crippen molar-refractivity contribution in [2.75, 3.05) is 13.1 Å². The Morgan fingerprint density at radius 3 is 2.71 bits per heavy atom. The molecule has 1 N–H and O–H groups in total. The third-order valence-corrected chi connectivity index (χ3v) is 3.21. The maximum absolute atomic E-state index is 12.2. The van der Waals surface area contributed by atoms with Crippen molar-refractivity contribution in [3.05, 3.63) is 35.9 Å². The number of piperazine rings is 1. The molecule has 92 valence electrons. The lowest BCUT2D eigenvalue weighted by molar-refractivity contribution is -0.137. The van der Waals surface area contributed by atoms with Crippen LogP contribution in [0.25, 0.3) is 0 Å². The molecular formula is C14H20N2O. The quantitative estimate of drug-likeness (QED) is 0.859. The number of benzene rings is 1. The van der Waals surface area contributed by atoms with E-state index in [0.29, 0.717) is 5.92 Å². The highest BCUT2D eigenvalue weighted by Gasteiger charge is 2.30. The van der Waals surface area contributed by atoms with E-state index in [0.717, 1.165) is 19.6 Å². The number of amides is 1. The van der Waals surface area contributed by atoms with Crippen LogP contribution in [0.4, 0.5) is 0 Å². The van der Waals surface area contributed by atoms with Crippen LogP contribution < -0.4 is 5.32 Å². The van der Waals surface area contributed by atoms with Crippen LogP contribution in [0.1, 0.15) is 19.4 Å². The number of nitrogens with zero attached hydrogens (tertiary/aromatic N) is 1. The average molecular weight is 232 g/mol. The van der Waals surface area contributed by atoms with Crippen LogP contribution in [0.15, 0.2) is 30.3 Å². The molecule has 1 aromatic carbocycles. The molecule has 1 heterocycles. The number of nitrogens with one attached hydrogen (secondary N) is 1. The number of hydrogen-bond acceptors (Lipinski definition) is 2. The Hall–Kier alpha value is -1.35. The normalized spacial score (nSPS) is 21.0. The SMILES string of the molecule is CC(C)[C@@H]1NCCN(Cc2ccccc2)C1=O. The molecule has 3 heteroatoms. The number of hydrogen-bond donors (Lipinski definition) is 1. The maximum atomic E-state index is 12.2. The second kappa shape index (κ2) is 5.32. The predicted octanol–water partition coefficient (Wildman–Crippen LogP) is 1.64. The number of rotatable bonds is 3. The molecule has 2 rings (SSSR count). The molecule has 1 aliphatic heterocycles. The zero-order valence-corrected chi connectivity index (χ0v) is 10.5. The van der Waals surface area contributed by atoms with Crippen LogP contribution in [0, 0.1) is 5.92 Å². The summed E-state index contributed by atoms with van der Waals surface area (Å²) in [5.74, 6) is 0.580. The molecule has 1 amide bonds. The van der Waals surface area contributed by atoms with Crippen molar-refractivity contribution in [3.63, 3.8) is 0 Å². The number of carbonyl (C=O) groups excluding carboxylic acids is 1. The van der Waals surface area contributed by atoms with Gasteiger partial charge in [-0.25, -0.2) is 0 Å². The van der Waals surface area contributed by atoms with Crippen LogP contribution in [-0.4, -0.2) is 29.9 Å². The van der Waals surface area contributed by atoms with E-state index in [-0.39, 0.29) is 11.9 Å². The monoisotopic (exact) mass is 232 g/mol. The van der Waals surface area contributed by atoms with Crippen molar-refractivity contribution >= 4 is 5.91 Å². The van der Waals surface area contributed by atoms with Crippen LogP contribution in [-0.2, 0) is 11.3 Å². The Morgan fingerprint density at radius 1 is 1.35 bits per heavy atom. The number of carbonyl (C=O) groups is 1. The van der Waals surface area contributed by atoms with E-state index in [9.17, 15) is 4.79 Å². The fourth-order valence-electron chi connectivity index (χ4n) is 2.23. The second-order valence-electron chi connectivity index (χ2n) is 4.92. The smallest absolute Gasteiger partial charge is 0.240 e. The van der Waals surface area contributed by atoms with Gasteiger partial charge in [0.25, 0.3) is 0 Å². The lowest BCUT2D eigenvalue weighted by Crippen LogP contribution is -2.56.